The summed E-state index contributed by atoms with van der Waals surface area (Å²) in [4.78, 5) is 22.7. The quantitative estimate of drug-likeness (QED) is 0.734. The summed E-state index contributed by atoms with van der Waals surface area (Å²) in [6.07, 6.45) is 0. The van der Waals surface area contributed by atoms with Gasteiger partial charge in [-0.3, -0.25) is 10.1 Å². The molecule has 0 spiro atoms. The van der Waals surface area contributed by atoms with Gasteiger partial charge in [0.2, 0.25) is 0 Å². The van der Waals surface area contributed by atoms with Crippen molar-refractivity contribution in [3.8, 4) is 0 Å². The number of benzene rings is 1. The zero-order valence-corrected chi connectivity index (χ0v) is 9.06. The molecule has 0 aliphatic carbocycles. The number of carbonyl (C=O) groups is 2. The zero-order chi connectivity index (χ0) is 11.9. The van der Waals surface area contributed by atoms with E-state index >= 15 is 0 Å². The number of amides is 3. The van der Waals surface area contributed by atoms with Crippen LogP contribution in [0, 0.1) is 5.82 Å². The number of halogens is 2. The predicted octanol–water partition coefficient (Wildman–Crippen LogP) is 1.53. The molecule has 4 nitrogen and oxygen atoms in total. The maximum Gasteiger partial charge on any atom is 0.322 e. The summed E-state index contributed by atoms with van der Waals surface area (Å²) >= 11 is 5.84. The van der Waals surface area contributed by atoms with Gasteiger partial charge >= 0.3 is 6.03 Å². The van der Waals surface area contributed by atoms with Crippen LogP contribution in [0.2, 0.25) is 5.02 Å². The van der Waals surface area contributed by atoms with Crippen LogP contribution in [-0.4, -0.2) is 11.9 Å². The number of imide groups is 1. The van der Waals surface area contributed by atoms with Crippen LogP contribution in [0.25, 0.3) is 0 Å². The van der Waals surface area contributed by atoms with E-state index in [4.69, 9.17) is 11.6 Å². The van der Waals surface area contributed by atoms with Crippen molar-refractivity contribution in [2.75, 3.05) is 0 Å². The Morgan fingerprint density at radius 2 is 2.06 bits per heavy atom. The molecule has 0 unspecified atom stereocenters. The molecular weight excluding hydrogens is 235 g/mol. The molecule has 1 aromatic carbocycles. The SMILES string of the molecule is C[C@@]1(c2ccc(F)cc2Cl)NC(=O)NC1=O. The van der Waals surface area contributed by atoms with Crippen LogP contribution in [0.1, 0.15) is 12.5 Å². The Labute approximate surface area is 95.8 Å². The molecule has 3 amide bonds. The van der Waals surface area contributed by atoms with Gasteiger partial charge in [0.15, 0.2) is 0 Å². The number of nitrogens with one attached hydrogen (secondary N) is 2. The van der Waals surface area contributed by atoms with Crippen molar-refractivity contribution in [2.24, 2.45) is 0 Å². The number of urea groups is 1. The molecular formula is C10H8ClFN2O2. The molecule has 0 bridgehead atoms. The molecule has 2 rings (SSSR count). The molecule has 1 aliphatic rings. The normalized spacial score (nSPS) is 24.2. The van der Waals surface area contributed by atoms with Gasteiger partial charge in [-0.15, -0.1) is 0 Å². The monoisotopic (exact) mass is 242 g/mol. The minimum atomic E-state index is -1.25. The van der Waals surface area contributed by atoms with E-state index in [1.165, 1.54) is 19.1 Å². The third-order valence-electron chi connectivity index (χ3n) is 2.51. The van der Waals surface area contributed by atoms with Gasteiger partial charge in [-0.2, -0.15) is 0 Å². The van der Waals surface area contributed by atoms with E-state index in [1.807, 2.05) is 0 Å². The summed E-state index contributed by atoms with van der Waals surface area (Å²) in [7, 11) is 0. The molecule has 1 atom stereocenters. The topological polar surface area (TPSA) is 58.2 Å². The molecule has 1 aromatic rings. The maximum atomic E-state index is 12.9. The Balaban J connectivity index is 2.51. The van der Waals surface area contributed by atoms with Gasteiger partial charge in [-0.05, 0) is 19.1 Å². The van der Waals surface area contributed by atoms with Crippen molar-refractivity contribution in [1.82, 2.24) is 10.6 Å². The van der Waals surface area contributed by atoms with Crippen molar-refractivity contribution in [3.05, 3.63) is 34.6 Å². The van der Waals surface area contributed by atoms with Crippen molar-refractivity contribution in [2.45, 2.75) is 12.5 Å². The van der Waals surface area contributed by atoms with E-state index in [0.717, 1.165) is 6.07 Å². The molecule has 1 aliphatic heterocycles. The van der Waals surface area contributed by atoms with Gasteiger partial charge in [-0.25, -0.2) is 9.18 Å². The Morgan fingerprint density at radius 3 is 2.56 bits per heavy atom. The third kappa shape index (κ3) is 1.53. The lowest BCUT2D eigenvalue weighted by Gasteiger charge is -2.22. The highest BCUT2D eigenvalue weighted by Gasteiger charge is 2.44. The fourth-order valence-electron chi connectivity index (χ4n) is 1.63. The fraction of sp³-hybridized carbons (Fsp3) is 0.200. The second-order valence-corrected chi connectivity index (χ2v) is 4.06. The second-order valence-electron chi connectivity index (χ2n) is 3.66. The highest BCUT2D eigenvalue weighted by molar-refractivity contribution is 6.32. The number of carbonyl (C=O) groups excluding carboxylic acids is 2. The van der Waals surface area contributed by atoms with Gasteiger partial charge in [0.25, 0.3) is 5.91 Å². The van der Waals surface area contributed by atoms with E-state index in [0.29, 0.717) is 5.56 Å². The van der Waals surface area contributed by atoms with Crippen molar-refractivity contribution >= 4 is 23.5 Å². The summed E-state index contributed by atoms with van der Waals surface area (Å²) in [5.74, 6) is -1.01. The van der Waals surface area contributed by atoms with E-state index in [2.05, 4.69) is 10.6 Å². The molecule has 16 heavy (non-hydrogen) atoms. The first-order valence-electron chi connectivity index (χ1n) is 4.52. The first kappa shape index (κ1) is 10.9. The summed E-state index contributed by atoms with van der Waals surface area (Å²) in [5, 5.41) is 4.65. The molecule has 0 radical (unpaired) electrons. The van der Waals surface area contributed by atoms with Crippen LogP contribution in [0.5, 0.6) is 0 Å². The van der Waals surface area contributed by atoms with E-state index in [1.54, 1.807) is 0 Å². The van der Waals surface area contributed by atoms with E-state index in [-0.39, 0.29) is 5.02 Å². The molecule has 0 aromatic heterocycles. The number of hydrogen-bond donors (Lipinski definition) is 2. The van der Waals surface area contributed by atoms with Gasteiger partial charge in [-0.1, -0.05) is 17.7 Å². The molecule has 1 heterocycles. The largest absolute Gasteiger partial charge is 0.322 e. The average Bonchev–Trinajstić information content (AvgIpc) is 2.40. The Kier molecular flexibility index (Phi) is 2.35. The maximum absolute atomic E-state index is 12.9. The minimum absolute atomic E-state index is 0.0971. The van der Waals surface area contributed by atoms with Crippen molar-refractivity contribution in [3.63, 3.8) is 0 Å². The Hall–Kier alpha value is -1.62. The highest BCUT2D eigenvalue weighted by Crippen LogP contribution is 2.30. The lowest BCUT2D eigenvalue weighted by Crippen LogP contribution is -2.40. The van der Waals surface area contributed by atoms with Crippen LogP contribution in [-0.2, 0) is 10.3 Å². The minimum Gasteiger partial charge on any atom is -0.320 e. The molecule has 2 N–H and O–H groups in total. The van der Waals surface area contributed by atoms with Crippen LogP contribution < -0.4 is 10.6 Å². The van der Waals surface area contributed by atoms with Crippen molar-refractivity contribution in [1.29, 1.82) is 0 Å². The first-order valence-corrected chi connectivity index (χ1v) is 4.90. The molecule has 1 fully saturated rings. The summed E-state index contributed by atoms with van der Waals surface area (Å²) in [6, 6.07) is 3.07. The van der Waals surface area contributed by atoms with Gasteiger partial charge < -0.3 is 5.32 Å². The summed E-state index contributed by atoms with van der Waals surface area (Å²) in [6.45, 7) is 1.51. The second kappa shape index (κ2) is 3.45. The zero-order valence-electron chi connectivity index (χ0n) is 8.30. The van der Waals surface area contributed by atoms with Crippen LogP contribution in [0.15, 0.2) is 18.2 Å². The Bertz CT molecular complexity index is 492. The lowest BCUT2D eigenvalue weighted by molar-refractivity contribution is -0.123. The summed E-state index contributed by atoms with van der Waals surface area (Å²) < 4.78 is 12.9. The smallest absolute Gasteiger partial charge is 0.320 e. The van der Waals surface area contributed by atoms with Gasteiger partial charge in [0.1, 0.15) is 11.4 Å². The summed E-state index contributed by atoms with van der Waals surface area (Å²) in [5.41, 5.74) is -0.888. The third-order valence-corrected chi connectivity index (χ3v) is 2.83. The Morgan fingerprint density at radius 1 is 1.38 bits per heavy atom. The fourth-order valence-corrected chi connectivity index (χ4v) is 1.98. The number of hydrogen-bond acceptors (Lipinski definition) is 2. The number of rotatable bonds is 1. The molecule has 84 valence electrons. The van der Waals surface area contributed by atoms with Gasteiger partial charge in [0, 0.05) is 10.6 Å². The molecule has 0 saturated carbocycles. The standard InChI is InChI=1S/C10H8ClFN2O2/c1-10(8(15)13-9(16)14-10)6-3-2-5(12)4-7(6)11/h2-4H,1H3,(H2,13,14,15,16)/t10-/m0/s1. The van der Waals surface area contributed by atoms with Crippen molar-refractivity contribution < 1.29 is 14.0 Å². The van der Waals surface area contributed by atoms with Gasteiger partial charge in [0.05, 0.1) is 0 Å². The predicted molar refractivity (Wildman–Crippen MR) is 55.4 cm³/mol. The highest BCUT2D eigenvalue weighted by atomic mass is 35.5. The molecule has 1 saturated heterocycles. The van der Waals surface area contributed by atoms with Crippen LogP contribution >= 0.6 is 11.6 Å². The van der Waals surface area contributed by atoms with Crippen LogP contribution in [0.3, 0.4) is 0 Å². The van der Waals surface area contributed by atoms with Crippen LogP contribution in [0.4, 0.5) is 9.18 Å². The molecule has 6 heteroatoms. The lowest BCUT2D eigenvalue weighted by atomic mass is 9.92. The average molecular weight is 243 g/mol. The van der Waals surface area contributed by atoms with E-state index < -0.39 is 23.3 Å². The van der Waals surface area contributed by atoms with E-state index in [9.17, 15) is 14.0 Å². The first-order chi connectivity index (χ1) is 7.43.